The number of aromatic nitrogens is 4. The standard InChI is InChI=1S/C25H20F4N6O2/c1-13-2-3-14-17-9-31-24(30-8-16-15-6-7-37-20(15)5-4-18(16)26)35-12-32-21(22(17)35)23(36)34(10-19(14)33-13)11-25(27,28)29/h2-5,9,12H,6-8,10-11H2,1H3,(H,30,31)/i6D,7D,8D2. The number of halogens is 4. The number of pyridine rings is 1. The van der Waals surface area contributed by atoms with E-state index < -0.39 is 56.0 Å². The molecule has 0 saturated carbocycles. The number of carbonyl (C=O) groups is 1. The van der Waals surface area contributed by atoms with E-state index in [2.05, 4.69) is 20.3 Å². The lowest BCUT2D eigenvalue weighted by Crippen LogP contribution is -2.39. The molecule has 1 amide bonds. The minimum atomic E-state index is -4.70. The van der Waals surface area contributed by atoms with Gasteiger partial charge in [0.15, 0.2) is 5.69 Å². The van der Waals surface area contributed by atoms with Crippen LogP contribution in [0, 0.1) is 12.7 Å². The Hall–Kier alpha value is -4.22. The number of hydrogen-bond donors (Lipinski definition) is 1. The lowest BCUT2D eigenvalue weighted by molar-refractivity contribution is -0.141. The minimum absolute atomic E-state index is 0.00217. The minimum Gasteiger partial charge on any atom is -0.493 e. The fourth-order valence-corrected chi connectivity index (χ4v) is 4.45. The van der Waals surface area contributed by atoms with Crippen molar-refractivity contribution >= 4 is 17.4 Å². The number of alkyl halides is 3. The molecule has 12 heteroatoms. The Kier molecular flexibility index (Phi) is 4.32. The quantitative estimate of drug-likeness (QED) is 0.407. The molecule has 0 spiro atoms. The van der Waals surface area contributed by atoms with Crippen LogP contribution in [0.4, 0.5) is 23.5 Å². The van der Waals surface area contributed by atoms with Gasteiger partial charge in [-0.1, -0.05) is 6.07 Å². The average Bonchev–Trinajstić information content (AvgIpc) is 3.44. The highest BCUT2D eigenvalue weighted by molar-refractivity contribution is 6.04. The van der Waals surface area contributed by atoms with Crippen LogP contribution in [-0.2, 0) is 19.4 Å². The van der Waals surface area contributed by atoms with Gasteiger partial charge in [0.05, 0.1) is 28.5 Å². The number of hydrogen-bond acceptors (Lipinski definition) is 6. The summed E-state index contributed by atoms with van der Waals surface area (Å²) in [5.41, 5.74) is 0.520. The van der Waals surface area contributed by atoms with E-state index in [0.29, 0.717) is 21.7 Å². The molecule has 1 N–H and O–H groups in total. The highest BCUT2D eigenvalue weighted by atomic mass is 19.4. The van der Waals surface area contributed by atoms with E-state index in [4.69, 9.17) is 10.2 Å². The summed E-state index contributed by atoms with van der Waals surface area (Å²) >= 11 is 0. The highest BCUT2D eigenvalue weighted by Gasteiger charge is 2.37. The van der Waals surface area contributed by atoms with Crippen LogP contribution < -0.4 is 10.1 Å². The van der Waals surface area contributed by atoms with Gasteiger partial charge in [0.1, 0.15) is 24.4 Å². The molecule has 2 aliphatic heterocycles. The summed E-state index contributed by atoms with van der Waals surface area (Å²) in [5, 5.41) is 2.49. The molecule has 0 radical (unpaired) electrons. The Bertz CT molecular complexity index is 1730. The van der Waals surface area contributed by atoms with Crippen molar-refractivity contribution < 1.29 is 32.6 Å². The van der Waals surface area contributed by atoms with Crippen molar-refractivity contribution in [1.29, 1.82) is 0 Å². The second-order valence-electron chi connectivity index (χ2n) is 8.54. The molecule has 3 aromatic heterocycles. The van der Waals surface area contributed by atoms with E-state index in [9.17, 15) is 18.0 Å². The van der Waals surface area contributed by atoms with Crippen molar-refractivity contribution in [2.24, 2.45) is 0 Å². The van der Waals surface area contributed by atoms with Crippen LogP contribution in [0.1, 0.15) is 38.5 Å². The van der Waals surface area contributed by atoms with E-state index in [1.807, 2.05) is 0 Å². The van der Waals surface area contributed by atoms with Gasteiger partial charge in [0, 0.05) is 48.4 Å². The summed E-state index contributed by atoms with van der Waals surface area (Å²) < 4.78 is 95.3. The maximum atomic E-state index is 15.0. The lowest BCUT2D eigenvalue weighted by Gasteiger charge is -2.26. The van der Waals surface area contributed by atoms with Crippen molar-refractivity contribution in [2.75, 3.05) is 18.4 Å². The molecule has 8 nitrogen and oxygen atoms in total. The zero-order chi connectivity index (χ0) is 29.4. The summed E-state index contributed by atoms with van der Waals surface area (Å²) in [6.45, 7) is -4.40. The van der Waals surface area contributed by atoms with Gasteiger partial charge in [-0.25, -0.2) is 14.4 Å². The normalized spacial score (nSPS) is 20.7. The Balaban J connectivity index is 1.51. The Labute approximate surface area is 213 Å². The van der Waals surface area contributed by atoms with Gasteiger partial charge in [-0.2, -0.15) is 13.2 Å². The number of amides is 1. The van der Waals surface area contributed by atoms with Crippen molar-refractivity contribution in [3.05, 3.63) is 70.8 Å². The molecule has 2 aliphatic rings. The first kappa shape index (κ1) is 19.0. The molecule has 0 aliphatic carbocycles. The SMILES string of the molecule is [2H]C1Oc2ccc(F)c(C([2H])([2H])Nc3ncc4c5c(ncn35)C(=O)N(CC(F)(F)F)Cc3nc(C)ccc3-4)c2C1[2H]. The number of benzene rings is 1. The van der Waals surface area contributed by atoms with Gasteiger partial charge in [-0.3, -0.25) is 14.2 Å². The first-order valence-electron chi connectivity index (χ1n) is 13.2. The smallest absolute Gasteiger partial charge is 0.406 e. The third kappa shape index (κ3) is 4.02. The fourth-order valence-electron chi connectivity index (χ4n) is 4.45. The number of imidazole rings is 1. The molecule has 4 aromatic rings. The molecule has 2 unspecified atom stereocenters. The van der Waals surface area contributed by atoms with Gasteiger partial charge in [0.2, 0.25) is 5.95 Å². The van der Waals surface area contributed by atoms with E-state index in [0.717, 1.165) is 12.4 Å². The van der Waals surface area contributed by atoms with E-state index in [1.54, 1.807) is 19.1 Å². The van der Waals surface area contributed by atoms with Crippen LogP contribution in [-0.4, -0.2) is 49.5 Å². The lowest BCUT2D eigenvalue weighted by atomic mass is 10.0. The number of nitrogens with zero attached hydrogens (tertiary/aromatic N) is 5. The van der Waals surface area contributed by atoms with Crippen molar-refractivity contribution in [3.8, 4) is 16.9 Å². The summed E-state index contributed by atoms with van der Waals surface area (Å²) in [4.78, 5) is 26.7. The molecule has 1 aromatic carbocycles. The van der Waals surface area contributed by atoms with Gasteiger partial charge < -0.3 is 15.0 Å². The Morgan fingerprint density at radius 3 is 2.86 bits per heavy atom. The van der Waals surface area contributed by atoms with Crippen molar-refractivity contribution in [2.45, 2.75) is 32.5 Å². The molecule has 0 bridgehead atoms. The first-order chi connectivity index (χ1) is 19.2. The predicted molar refractivity (Wildman–Crippen MR) is 125 cm³/mol. The van der Waals surface area contributed by atoms with Gasteiger partial charge in [0.25, 0.3) is 5.91 Å². The predicted octanol–water partition coefficient (Wildman–Crippen LogP) is 4.30. The number of aryl methyl sites for hydroxylation is 1. The Morgan fingerprint density at radius 2 is 2.05 bits per heavy atom. The number of fused-ring (bicyclic) bond motifs is 3. The van der Waals surface area contributed by atoms with Crippen LogP contribution in [0.15, 0.2) is 36.8 Å². The molecule has 190 valence electrons. The third-order valence-corrected chi connectivity index (χ3v) is 6.05. The van der Waals surface area contributed by atoms with Crippen molar-refractivity contribution in [3.63, 3.8) is 0 Å². The van der Waals surface area contributed by atoms with Crippen molar-refractivity contribution in [1.82, 2.24) is 24.3 Å². The van der Waals surface area contributed by atoms with Crippen LogP contribution in [0.25, 0.3) is 16.6 Å². The summed E-state index contributed by atoms with van der Waals surface area (Å²) in [7, 11) is 0. The van der Waals surface area contributed by atoms with Crippen LogP contribution >= 0.6 is 0 Å². The molecule has 5 heterocycles. The monoisotopic (exact) mass is 516 g/mol. The summed E-state index contributed by atoms with van der Waals surface area (Å²) in [6.07, 6.45) is -3.66. The van der Waals surface area contributed by atoms with Crippen LogP contribution in [0.5, 0.6) is 5.75 Å². The first-order valence-corrected chi connectivity index (χ1v) is 11.1. The van der Waals surface area contributed by atoms with Crippen LogP contribution in [0.3, 0.4) is 0 Å². The maximum Gasteiger partial charge on any atom is 0.406 e. The second kappa shape index (κ2) is 8.43. The topological polar surface area (TPSA) is 84.7 Å². The van der Waals surface area contributed by atoms with Gasteiger partial charge in [-0.15, -0.1) is 0 Å². The fraction of sp³-hybridized carbons (Fsp3) is 0.280. The molecular formula is C25H20F4N6O2. The van der Waals surface area contributed by atoms with Gasteiger partial charge >= 0.3 is 6.18 Å². The maximum absolute atomic E-state index is 15.0. The third-order valence-electron chi connectivity index (χ3n) is 6.05. The number of anilines is 1. The average molecular weight is 516 g/mol. The summed E-state index contributed by atoms with van der Waals surface area (Å²) in [5.74, 6) is -2.24. The molecule has 0 saturated heterocycles. The van der Waals surface area contributed by atoms with Crippen LogP contribution in [0.2, 0.25) is 0 Å². The van der Waals surface area contributed by atoms with Gasteiger partial charge in [-0.05, 0) is 25.1 Å². The molecule has 37 heavy (non-hydrogen) atoms. The number of ether oxygens (including phenoxy) is 1. The highest BCUT2D eigenvalue weighted by Crippen LogP contribution is 2.35. The summed E-state index contributed by atoms with van der Waals surface area (Å²) in [6, 6.07) is 5.49. The van der Waals surface area contributed by atoms with E-state index in [-0.39, 0.29) is 34.2 Å². The Morgan fingerprint density at radius 1 is 1.22 bits per heavy atom. The molecular weight excluding hydrogens is 492 g/mol. The molecule has 0 fully saturated rings. The largest absolute Gasteiger partial charge is 0.493 e. The molecule has 6 rings (SSSR count). The zero-order valence-electron chi connectivity index (χ0n) is 23.1. The number of nitrogens with one attached hydrogen (secondary N) is 1. The second-order valence-corrected chi connectivity index (χ2v) is 8.54. The zero-order valence-corrected chi connectivity index (χ0v) is 19.1. The van der Waals surface area contributed by atoms with E-state index >= 15 is 4.39 Å². The number of rotatable bonds is 4. The van der Waals surface area contributed by atoms with E-state index in [1.165, 1.54) is 16.7 Å². The number of carbonyl (C=O) groups excluding carboxylic acids is 1. The molecule has 2 atom stereocenters.